The molecule has 3 atom stereocenters. The van der Waals surface area contributed by atoms with E-state index in [1.54, 1.807) is 13.3 Å². The van der Waals surface area contributed by atoms with Gasteiger partial charge in [-0.3, -0.25) is 0 Å². The highest BCUT2D eigenvalue weighted by Gasteiger charge is 2.28. The highest BCUT2D eigenvalue weighted by molar-refractivity contribution is 5.25. The van der Waals surface area contributed by atoms with Crippen molar-refractivity contribution in [3.63, 3.8) is 0 Å². The second kappa shape index (κ2) is 6.35. The second-order valence-electron chi connectivity index (χ2n) is 5.66. The third-order valence-corrected chi connectivity index (χ3v) is 4.21. The van der Waals surface area contributed by atoms with E-state index >= 15 is 0 Å². The summed E-state index contributed by atoms with van der Waals surface area (Å²) in [5.74, 6) is 1.40. The lowest BCUT2D eigenvalue weighted by Gasteiger charge is -2.40. The Kier molecular flexibility index (Phi) is 4.77. The van der Waals surface area contributed by atoms with Crippen LogP contribution in [0.4, 0.5) is 0 Å². The van der Waals surface area contributed by atoms with Gasteiger partial charge < -0.3 is 15.0 Å². The minimum Gasteiger partial charge on any atom is -0.481 e. The summed E-state index contributed by atoms with van der Waals surface area (Å²) in [5.41, 5.74) is 1.13. The van der Waals surface area contributed by atoms with E-state index in [0.717, 1.165) is 24.5 Å². The molecule has 0 aliphatic carbocycles. The average molecular weight is 263 g/mol. The van der Waals surface area contributed by atoms with Crippen LogP contribution in [0.15, 0.2) is 18.3 Å². The SMILES string of the molecule is COc1ncccc1CNC1CC(C)N(C)CC1C. The van der Waals surface area contributed by atoms with Crippen molar-refractivity contribution in [3.8, 4) is 5.88 Å². The van der Waals surface area contributed by atoms with Crippen molar-refractivity contribution in [2.24, 2.45) is 5.92 Å². The fourth-order valence-corrected chi connectivity index (χ4v) is 2.81. The quantitative estimate of drug-likeness (QED) is 0.900. The number of methoxy groups -OCH3 is 1. The van der Waals surface area contributed by atoms with Crippen LogP contribution in [0.5, 0.6) is 5.88 Å². The number of pyridine rings is 1. The number of hydrogen-bond acceptors (Lipinski definition) is 4. The smallest absolute Gasteiger partial charge is 0.217 e. The molecule has 19 heavy (non-hydrogen) atoms. The van der Waals surface area contributed by atoms with Crippen molar-refractivity contribution >= 4 is 0 Å². The van der Waals surface area contributed by atoms with Crippen LogP contribution in [0.2, 0.25) is 0 Å². The number of aromatic nitrogens is 1. The summed E-state index contributed by atoms with van der Waals surface area (Å²) < 4.78 is 5.29. The number of hydrogen-bond donors (Lipinski definition) is 1. The summed E-state index contributed by atoms with van der Waals surface area (Å²) in [5, 5.41) is 3.67. The van der Waals surface area contributed by atoms with Crippen molar-refractivity contribution in [3.05, 3.63) is 23.9 Å². The first-order valence-corrected chi connectivity index (χ1v) is 7.03. The van der Waals surface area contributed by atoms with Crippen LogP contribution in [-0.2, 0) is 6.54 Å². The highest BCUT2D eigenvalue weighted by atomic mass is 16.5. The van der Waals surface area contributed by atoms with Gasteiger partial charge >= 0.3 is 0 Å². The van der Waals surface area contributed by atoms with E-state index in [9.17, 15) is 0 Å². The van der Waals surface area contributed by atoms with E-state index in [-0.39, 0.29) is 0 Å². The van der Waals surface area contributed by atoms with Crippen LogP contribution in [-0.4, -0.2) is 42.7 Å². The second-order valence-corrected chi connectivity index (χ2v) is 5.66. The van der Waals surface area contributed by atoms with Crippen molar-refractivity contribution in [1.82, 2.24) is 15.2 Å². The maximum absolute atomic E-state index is 5.29. The first-order valence-electron chi connectivity index (χ1n) is 7.03. The molecular formula is C15H25N3O. The minimum absolute atomic E-state index is 0.566. The number of nitrogens with zero attached hydrogens (tertiary/aromatic N) is 2. The Morgan fingerprint density at radius 1 is 1.47 bits per heavy atom. The molecule has 1 N–H and O–H groups in total. The Morgan fingerprint density at radius 3 is 3.00 bits per heavy atom. The fourth-order valence-electron chi connectivity index (χ4n) is 2.81. The van der Waals surface area contributed by atoms with Crippen LogP contribution in [0.3, 0.4) is 0 Å². The van der Waals surface area contributed by atoms with Crippen molar-refractivity contribution in [2.45, 2.75) is 38.9 Å². The van der Waals surface area contributed by atoms with E-state index in [0.29, 0.717) is 18.0 Å². The average Bonchev–Trinajstić information content (AvgIpc) is 2.41. The zero-order valence-corrected chi connectivity index (χ0v) is 12.4. The van der Waals surface area contributed by atoms with E-state index in [4.69, 9.17) is 4.74 Å². The van der Waals surface area contributed by atoms with Crippen LogP contribution >= 0.6 is 0 Å². The molecule has 4 nitrogen and oxygen atoms in total. The predicted octanol–water partition coefficient (Wildman–Crippen LogP) is 1.91. The maximum atomic E-state index is 5.29. The van der Waals surface area contributed by atoms with Crippen LogP contribution < -0.4 is 10.1 Å². The van der Waals surface area contributed by atoms with Crippen LogP contribution in [0.1, 0.15) is 25.8 Å². The number of ether oxygens (including phenoxy) is 1. The van der Waals surface area contributed by atoms with Gasteiger partial charge in [0.25, 0.3) is 0 Å². The number of nitrogens with one attached hydrogen (secondary N) is 1. The van der Waals surface area contributed by atoms with Gasteiger partial charge in [-0.2, -0.15) is 0 Å². The summed E-state index contributed by atoms with van der Waals surface area (Å²) in [6.07, 6.45) is 2.96. The summed E-state index contributed by atoms with van der Waals surface area (Å²) in [6, 6.07) is 5.24. The molecule has 1 aromatic rings. The van der Waals surface area contributed by atoms with E-state index in [2.05, 4.69) is 42.2 Å². The number of likely N-dealkylation sites (tertiary alicyclic amines) is 1. The van der Waals surface area contributed by atoms with Gasteiger partial charge in [0.15, 0.2) is 0 Å². The van der Waals surface area contributed by atoms with Crippen molar-refractivity contribution < 1.29 is 4.74 Å². The lowest BCUT2D eigenvalue weighted by atomic mass is 9.90. The molecule has 106 valence electrons. The Balaban J connectivity index is 1.94. The molecule has 1 fully saturated rings. The molecule has 0 bridgehead atoms. The molecule has 0 saturated carbocycles. The fraction of sp³-hybridized carbons (Fsp3) is 0.667. The molecule has 0 amide bonds. The molecule has 1 aromatic heterocycles. The Hall–Kier alpha value is -1.13. The molecule has 2 rings (SSSR count). The maximum Gasteiger partial charge on any atom is 0.217 e. The van der Waals surface area contributed by atoms with Crippen LogP contribution in [0.25, 0.3) is 0 Å². The van der Waals surface area contributed by atoms with Gasteiger partial charge in [-0.25, -0.2) is 4.98 Å². The lowest BCUT2D eigenvalue weighted by Crippen LogP contribution is -2.50. The molecular weight excluding hydrogens is 238 g/mol. The monoisotopic (exact) mass is 263 g/mol. The standard InChI is InChI=1S/C15H25N3O/c1-11-10-18(3)12(2)8-14(11)17-9-13-6-5-7-16-15(13)19-4/h5-7,11-12,14,17H,8-10H2,1-4H3. The lowest BCUT2D eigenvalue weighted by molar-refractivity contribution is 0.121. The molecule has 3 unspecified atom stereocenters. The molecule has 2 heterocycles. The van der Waals surface area contributed by atoms with Gasteiger partial charge in [-0.15, -0.1) is 0 Å². The predicted molar refractivity (Wildman–Crippen MR) is 77.3 cm³/mol. The summed E-state index contributed by atoms with van der Waals surface area (Å²) in [6.45, 7) is 6.59. The summed E-state index contributed by atoms with van der Waals surface area (Å²) in [4.78, 5) is 6.67. The number of piperidine rings is 1. The van der Waals surface area contributed by atoms with Gasteiger partial charge in [-0.1, -0.05) is 13.0 Å². The third-order valence-electron chi connectivity index (χ3n) is 4.21. The normalized spacial score (nSPS) is 28.3. The first-order chi connectivity index (χ1) is 9.11. The van der Waals surface area contributed by atoms with Gasteiger partial charge in [0.1, 0.15) is 0 Å². The Labute approximate surface area is 116 Å². The zero-order chi connectivity index (χ0) is 13.8. The Bertz CT molecular complexity index is 410. The van der Waals surface area contributed by atoms with Crippen molar-refractivity contribution in [2.75, 3.05) is 20.7 Å². The van der Waals surface area contributed by atoms with E-state index in [1.165, 1.54) is 6.42 Å². The topological polar surface area (TPSA) is 37.4 Å². The summed E-state index contributed by atoms with van der Waals surface area (Å²) in [7, 11) is 3.88. The molecule has 0 aromatic carbocycles. The molecule has 4 heteroatoms. The molecule has 1 aliphatic rings. The summed E-state index contributed by atoms with van der Waals surface area (Å²) >= 11 is 0. The Morgan fingerprint density at radius 2 is 2.26 bits per heavy atom. The molecule has 0 radical (unpaired) electrons. The van der Waals surface area contributed by atoms with Crippen molar-refractivity contribution in [1.29, 1.82) is 0 Å². The molecule has 0 spiro atoms. The minimum atomic E-state index is 0.566. The first kappa shape index (κ1) is 14.3. The van der Waals surface area contributed by atoms with Gasteiger partial charge in [0, 0.05) is 36.9 Å². The van der Waals surface area contributed by atoms with E-state index < -0.39 is 0 Å². The van der Waals surface area contributed by atoms with Gasteiger partial charge in [0.05, 0.1) is 7.11 Å². The third kappa shape index (κ3) is 3.45. The number of rotatable bonds is 4. The van der Waals surface area contributed by atoms with E-state index in [1.807, 2.05) is 6.07 Å². The van der Waals surface area contributed by atoms with Gasteiger partial charge in [0.2, 0.25) is 5.88 Å². The molecule has 1 saturated heterocycles. The molecule has 1 aliphatic heterocycles. The van der Waals surface area contributed by atoms with Gasteiger partial charge in [-0.05, 0) is 32.4 Å². The highest BCUT2D eigenvalue weighted by Crippen LogP contribution is 2.22. The largest absolute Gasteiger partial charge is 0.481 e. The van der Waals surface area contributed by atoms with Crippen LogP contribution in [0, 0.1) is 5.92 Å². The zero-order valence-electron chi connectivity index (χ0n) is 12.4.